The van der Waals surface area contributed by atoms with Crippen LogP contribution in [0.3, 0.4) is 0 Å². The van der Waals surface area contributed by atoms with Gasteiger partial charge in [0.05, 0.1) is 7.11 Å². The highest BCUT2D eigenvalue weighted by atomic mass is 16.6. The normalized spacial score (nSPS) is 22.9. The molecule has 2 fully saturated rings. The van der Waals surface area contributed by atoms with E-state index in [-0.39, 0.29) is 30.0 Å². The predicted octanol–water partition coefficient (Wildman–Crippen LogP) is 2.91. The average Bonchev–Trinajstić information content (AvgIpc) is 2.92. The number of methoxy groups -OCH3 is 1. The number of carbonyl (C=O) groups is 1. The summed E-state index contributed by atoms with van der Waals surface area (Å²) in [6.07, 6.45) is 2.41. The minimum absolute atomic E-state index is 0.113. The smallest absolute Gasteiger partial charge is 0.410 e. The van der Waals surface area contributed by atoms with Crippen molar-refractivity contribution in [2.75, 3.05) is 43.9 Å². The van der Waals surface area contributed by atoms with Crippen molar-refractivity contribution in [3.63, 3.8) is 0 Å². The molecule has 0 radical (unpaired) electrons. The summed E-state index contributed by atoms with van der Waals surface area (Å²) in [5.74, 6) is 2.96. The number of amides is 1. The average molecular weight is 541 g/mol. The van der Waals surface area contributed by atoms with Crippen LogP contribution in [0, 0.1) is 5.92 Å². The highest BCUT2D eigenvalue weighted by Crippen LogP contribution is 2.36. The summed E-state index contributed by atoms with van der Waals surface area (Å²) in [5.41, 5.74) is 13.5. The third-order valence-electron chi connectivity index (χ3n) is 7.69. The van der Waals surface area contributed by atoms with Gasteiger partial charge in [-0.15, -0.1) is 10.2 Å². The Bertz CT molecular complexity index is 1100. The second-order valence-corrected chi connectivity index (χ2v) is 11.7. The molecule has 1 aromatic carbocycles. The van der Waals surface area contributed by atoms with Crippen LogP contribution in [-0.4, -0.2) is 77.1 Å². The number of carbonyl (C=O) groups excluding carboxylic acids is 1. The van der Waals surface area contributed by atoms with Crippen LogP contribution in [0.2, 0.25) is 0 Å². The van der Waals surface area contributed by atoms with Crippen LogP contribution in [0.1, 0.15) is 64.3 Å². The molecule has 2 heterocycles. The van der Waals surface area contributed by atoms with Crippen LogP contribution in [0.5, 0.6) is 5.75 Å². The van der Waals surface area contributed by atoms with Gasteiger partial charge in [0, 0.05) is 50.7 Å². The second kappa shape index (κ2) is 12.3. The predicted molar refractivity (Wildman–Crippen MR) is 152 cm³/mol. The van der Waals surface area contributed by atoms with E-state index in [2.05, 4.69) is 39.5 Å². The molecule has 2 aromatic rings. The summed E-state index contributed by atoms with van der Waals surface area (Å²) < 4.78 is 10.8. The molecule has 1 aromatic heterocycles. The van der Waals surface area contributed by atoms with Gasteiger partial charge in [-0.1, -0.05) is 12.1 Å². The molecular formula is C28H44N8O3. The monoisotopic (exact) mass is 540 g/mol. The minimum atomic E-state index is -0.521. The standard InChI is InChI=1S/C28H44N8O3/c1-18(31-17-19-6-9-21(38-5)10-7-19)22-16-20(8-11-23(22)29)25-32-26(24(30)33-34-25)35-12-14-36(15-13-35)27(37)39-28(2,3)4/h6-7,9-10,18,20,22-23,31H,8,11-17,29H2,1-5H3,(H2,30,33). The number of benzene rings is 1. The Morgan fingerprint density at radius 2 is 1.82 bits per heavy atom. The first-order valence-electron chi connectivity index (χ1n) is 13.9. The van der Waals surface area contributed by atoms with Crippen molar-refractivity contribution < 1.29 is 14.3 Å². The zero-order valence-electron chi connectivity index (χ0n) is 23.9. The van der Waals surface area contributed by atoms with Crippen molar-refractivity contribution in [3.8, 4) is 5.75 Å². The van der Waals surface area contributed by atoms with E-state index >= 15 is 0 Å². The Morgan fingerprint density at radius 1 is 1.13 bits per heavy atom. The lowest BCUT2D eigenvalue weighted by Gasteiger charge is -2.38. The van der Waals surface area contributed by atoms with E-state index in [0.29, 0.717) is 43.6 Å². The van der Waals surface area contributed by atoms with Gasteiger partial charge in [0.2, 0.25) is 0 Å². The number of ether oxygens (including phenoxy) is 2. The summed E-state index contributed by atoms with van der Waals surface area (Å²) in [5, 5.41) is 12.3. The van der Waals surface area contributed by atoms with Crippen LogP contribution in [-0.2, 0) is 11.3 Å². The fraction of sp³-hybridized carbons (Fsp3) is 0.643. The molecule has 1 amide bonds. The number of hydrogen-bond donors (Lipinski definition) is 3. The van der Waals surface area contributed by atoms with E-state index in [1.165, 1.54) is 5.56 Å². The van der Waals surface area contributed by atoms with Gasteiger partial charge >= 0.3 is 6.09 Å². The van der Waals surface area contributed by atoms with Crippen LogP contribution in [0.15, 0.2) is 24.3 Å². The largest absolute Gasteiger partial charge is 0.497 e. The zero-order valence-corrected chi connectivity index (χ0v) is 23.9. The maximum Gasteiger partial charge on any atom is 0.410 e. The number of nitrogens with one attached hydrogen (secondary N) is 1. The molecule has 2 aliphatic rings. The lowest BCUT2D eigenvalue weighted by molar-refractivity contribution is 0.0240. The number of nitrogen functional groups attached to an aromatic ring is 1. The molecule has 0 bridgehead atoms. The van der Waals surface area contributed by atoms with Crippen LogP contribution in [0.4, 0.5) is 16.4 Å². The Balaban J connectivity index is 1.37. The summed E-state index contributed by atoms with van der Waals surface area (Å²) in [4.78, 5) is 21.2. The van der Waals surface area contributed by atoms with Gasteiger partial charge in [-0.05, 0) is 70.6 Å². The van der Waals surface area contributed by atoms with E-state index in [1.54, 1.807) is 12.0 Å². The number of piperazine rings is 1. The van der Waals surface area contributed by atoms with Crippen molar-refractivity contribution in [3.05, 3.63) is 35.7 Å². The van der Waals surface area contributed by atoms with Gasteiger partial charge in [-0.2, -0.15) is 0 Å². The highest BCUT2D eigenvalue weighted by Gasteiger charge is 2.35. The van der Waals surface area contributed by atoms with E-state index in [0.717, 1.165) is 31.6 Å². The van der Waals surface area contributed by atoms with Gasteiger partial charge in [-0.3, -0.25) is 0 Å². The van der Waals surface area contributed by atoms with Crippen LogP contribution < -0.4 is 26.4 Å². The molecule has 1 aliphatic carbocycles. The zero-order chi connectivity index (χ0) is 28.2. The van der Waals surface area contributed by atoms with Gasteiger partial charge in [0.15, 0.2) is 17.5 Å². The fourth-order valence-electron chi connectivity index (χ4n) is 5.38. The highest BCUT2D eigenvalue weighted by molar-refractivity contribution is 5.69. The maximum atomic E-state index is 12.5. The number of aromatic nitrogens is 3. The maximum absolute atomic E-state index is 12.5. The number of nitrogens with two attached hydrogens (primary N) is 2. The molecule has 5 N–H and O–H groups in total. The van der Waals surface area contributed by atoms with Gasteiger partial charge in [0.25, 0.3) is 0 Å². The molecule has 0 spiro atoms. The SMILES string of the molecule is COc1ccc(CNC(C)C2CC(c3nnc(N)c(N4CCN(C(=O)OC(C)(C)C)CC4)n3)CCC2N)cc1. The number of rotatable bonds is 7. The third kappa shape index (κ3) is 7.48. The molecule has 1 saturated carbocycles. The number of hydrogen-bond acceptors (Lipinski definition) is 10. The molecule has 11 nitrogen and oxygen atoms in total. The Morgan fingerprint density at radius 3 is 2.46 bits per heavy atom. The molecule has 4 unspecified atom stereocenters. The molecule has 4 atom stereocenters. The first-order chi connectivity index (χ1) is 18.5. The number of nitrogens with zero attached hydrogens (tertiary/aromatic N) is 5. The van der Waals surface area contributed by atoms with E-state index in [4.69, 9.17) is 25.9 Å². The van der Waals surface area contributed by atoms with Crippen molar-refractivity contribution in [2.45, 2.75) is 77.1 Å². The van der Waals surface area contributed by atoms with Gasteiger partial charge in [-0.25, -0.2) is 9.78 Å². The Hall–Kier alpha value is -3.18. The van der Waals surface area contributed by atoms with E-state index in [1.807, 2.05) is 32.9 Å². The first-order valence-corrected chi connectivity index (χ1v) is 13.9. The summed E-state index contributed by atoms with van der Waals surface area (Å²) in [6.45, 7) is 10.9. The lowest BCUT2D eigenvalue weighted by atomic mass is 9.75. The van der Waals surface area contributed by atoms with Crippen molar-refractivity contribution >= 4 is 17.7 Å². The van der Waals surface area contributed by atoms with Crippen molar-refractivity contribution in [2.24, 2.45) is 11.7 Å². The van der Waals surface area contributed by atoms with Crippen molar-refractivity contribution in [1.29, 1.82) is 0 Å². The molecule has 1 saturated heterocycles. The lowest BCUT2D eigenvalue weighted by Crippen LogP contribution is -2.50. The molecule has 214 valence electrons. The minimum Gasteiger partial charge on any atom is -0.497 e. The van der Waals surface area contributed by atoms with Crippen molar-refractivity contribution in [1.82, 2.24) is 25.4 Å². The summed E-state index contributed by atoms with van der Waals surface area (Å²) in [6, 6.07) is 8.44. The Kier molecular flexibility index (Phi) is 9.12. The molecule has 11 heteroatoms. The van der Waals surface area contributed by atoms with Gasteiger partial charge < -0.3 is 36.1 Å². The topological polar surface area (TPSA) is 145 Å². The summed E-state index contributed by atoms with van der Waals surface area (Å²) in [7, 11) is 1.67. The molecular weight excluding hydrogens is 496 g/mol. The molecule has 1 aliphatic heterocycles. The van der Waals surface area contributed by atoms with E-state index in [9.17, 15) is 4.79 Å². The molecule has 39 heavy (non-hydrogen) atoms. The second-order valence-electron chi connectivity index (χ2n) is 11.7. The van der Waals surface area contributed by atoms with E-state index < -0.39 is 5.60 Å². The fourth-order valence-corrected chi connectivity index (χ4v) is 5.38. The van der Waals surface area contributed by atoms with Crippen LogP contribution >= 0.6 is 0 Å². The first kappa shape index (κ1) is 28.8. The summed E-state index contributed by atoms with van der Waals surface area (Å²) >= 11 is 0. The third-order valence-corrected chi connectivity index (χ3v) is 7.69. The van der Waals surface area contributed by atoms with Gasteiger partial charge in [0.1, 0.15) is 11.4 Å². The number of anilines is 2. The quantitative estimate of drug-likeness (QED) is 0.479. The van der Waals surface area contributed by atoms with Crippen LogP contribution in [0.25, 0.3) is 0 Å². The Labute approximate surface area is 231 Å². The molecule has 4 rings (SSSR count).